The fraction of sp³-hybridized carbons (Fsp3) is 0.533. The molecule has 6 nitrogen and oxygen atoms in total. The molecule has 2 aromatic rings. The topological polar surface area (TPSA) is 58.3 Å². The summed E-state index contributed by atoms with van der Waals surface area (Å²) in [6, 6.07) is 1.94. The van der Waals surface area contributed by atoms with Crippen LogP contribution >= 0.6 is 35.3 Å². The van der Waals surface area contributed by atoms with Crippen molar-refractivity contribution in [2.24, 2.45) is 4.99 Å². The highest BCUT2D eigenvalue weighted by Crippen LogP contribution is 2.09. The van der Waals surface area contributed by atoms with Crippen LogP contribution in [0.4, 0.5) is 0 Å². The van der Waals surface area contributed by atoms with E-state index in [1.165, 1.54) is 0 Å². The van der Waals surface area contributed by atoms with Crippen molar-refractivity contribution in [2.45, 2.75) is 33.4 Å². The Morgan fingerprint density at radius 3 is 2.91 bits per heavy atom. The van der Waals surface area contributed by atoms with E-state index in [1.54, 1.807) is 17.5 Å². The van der Waals surface area contributed by atoms with Gasteiger partial charge in [-0.2, -0.15) is 5.10 Å². The molecule has 0 fully saturated rings. The molecule has 0 saturated carbocycles. The predicted octanol–water partition coefficient (Wildman–Crippen LogP) is 2.75. The zero-order valence-electron chi connectivity index (χ0n) is 13.9. The third-order valence-electron chi connectivity index (χ3n) is 3.13. The highest BCUT2D eigenvalue weighted by molar-refractivity contribution is 14.0. The summed E-state index contributed by atoms with van der Waals surface area (Å²) in [7, 11) is 2.05. The van der Waals surface area contributed by atoms with E-state index in [4.69, 9.17) is 0 Å². The third kappa shape index (κ3) is 6.86. The van der Waals surface area contributed by atoms with E-state index in [0.29, 0.717) is 0 Å². The lowest BCUT2D eigenvalue weighted by atomic mass is 10.4. The number of guanidine groups is 1. The largest absolute Gasteiger partial charge is 0.357 e. The summed E-state index contributed by atoms with van der Waals surface area (Å²) in [5.41, 5.74) is 1.09. The average Bonchev–Trinajstić information content (AvgIpc) is 3.14. The van der Waals surface area contributed by atoms with Crippen LogP contribution in [0.15, 0.2) is 28.8 Å². The van der Waals surface area contributed by atoms with Gasteiger partial charge < -0.3 is 10.2 Å². The van der Waals surface area contributed by atoms with Crippen molar-refractivity contribution in [3.63, 3.8) is 0 Å². The molecule has 0 spiro atoms. The number of hydrogen-bond donors (Lipinski definition) is 1. The maximum absolute atomic E-state index is 4.68. The summed E-state index contributed by atoms with van der Waals surface area (Å²) in [5, 5.41) is 10.7. The molecule has 8 heteroatoms. The first-order chi connectivity index (χ1) is 10.7. The predicted molar refractivity (Wildman–Crippen MR) is 107 cm³/mol. The lowest BCUT2D eigenvalue weighted by Gasteiger charge is -2.21. The van der Waals surface area contributed by atoms with Crippen LogP contribution in [0, 0.1) is 6.92 Å². The first kappa shape index (κ1) is 19.9. The van der Waals surface area contributed by atoms with Crippen LogP contribution in [-0.4, -0.2) is 45.8 Å². The van der Waals surface area contributed by atoms with Gasteiger partial charge in [0.1, 0.15) is 0 Å². The van der Waals surface area contributed by atoms with Crippen molar-refractivity contribution in [1.29, 1.82) is 0 Å². The molecule has 0 aromatic carbocycles. The van der Waals surface area contributed by atoms with Crippen molar-refractivity contribution in [2.75, 3.05) is 20.1 Å². The molecule has 0 bridgehead atoms. The van der Waals surface area contributed by atoms with Gasteiger partial charge in [-0.3, -0.25) is 9.67 Å². The van der Waals surface area contributed by atoms with Gasteiger partial charge in [-0.15, -0.1) is 35.3 Å². The lowest BCUT2D eigenvalue weighted by molar-refractivity contribution is 0.469. The van der Waals surface area contributed by atoms with Crippen LogP contribution in [0.2, 0.25) is 0 Å². The van der Waals surface area contributed by atoms with Gasteiger partial charge in [-0.25, -0.2) is 4.98 Å². The first-order valence-corrected chi connectivity index (χ1v) is 8.45. The first-order valence-electron chi connectivity index (χ1n) is 7.57. The van der Waals surface area contributed by atoms with Gasteiger partial charge in [0.15, 0.2) is 5.96 Å². The number of nitrogens with zero attached hydrogens (tertiary/aromatic N) is 5. The van der Waals surface area contributed by atoms with Gasteiger partial charge in [-0.1, -0.05) is 0 Å². The number of hydrogen-bond acceptors (Lipinski definition) is 4. The molecule has 2 heterocycles. The minimum atomic E-state index is 0. The normalized spacial score (nSPS) is 11.2. The third-order valence-corrected chi connectivity index (χ3v) is 3.95. The molecule has 0 aliphatic rings. The maximum atomic E-state index is 4.68. The average molecular weight is 448 g/mol. The molecule has 23 heavy (non-hydrogen) atoms. The Hall–Kier alpha value is -1.16. The van der Waals surface area contributed by atoms with E-state index in [9.17, 15) is 0 Å². The quantitative estimate of drug-likeness (QED) is 0.306. The number of halogens is 1. The fourth-order valence-corrected chi connectivity index (χ4v) is 2.72. The number of rotatable bonds is 7. The Labute approximate surface area is 159 Å². The van der Waals surface area contributed by atoms with Crippen LogP contribution in [-0.2, 0) is 13.1 Å². The van der Waals surface area contributed by atoms with E-state index in [-0.39, 0.29) is 24.0 Å². The van der Waals surface area contributed by atoms with Gasteiger partial charge >= 0.3 is 0 Å². The second-order valence-electron chi connectivity index (χ2n) is 5.07. The van der Waals surface area contributed by atoms with Gasteiger partial charge in [0.05, 0.1) is 17.2 Å². The molecule has 2 rings (SSSR count). The van der Waals surface area contributed by atoms with E-state index in [0.717, 1.165) is 49.3 Å². The van der Waals surface area contributed by atoms with Gasteiger partial charge in [0.25, 0.3) is 0 Å². The zero-order valence-corrected chi connectivity index (χ0v) is 17.0. The number of aliphatic imine (C=N–C) groups is 1. The van der Waals surface area contributed by atoms with Crippen molar-refractivity contribution >= 4 is 41.3 Å². The highest BCUT2D eigenvalue weighted by atomic mass is 127. The summed E-state index contributed by atoms with van der Waals surface area (Å²) in [5.74, 6) is 0.925. The molecule has 128 valence electrons. The Kier molecular flexibility index (Phi) is 9.15. The summed E-state index contributed by atoms with van der Waals surface area (Å²) in [6.07, 6.45) is 4.75. The van der Waals surface area contributed by atoms with Crippen molar-refractivity contribution in [1.82, 2.24) is 25.0 Å². The van der Waals surface area contributed by atoms with Crippen molar-refractivity contribution < 1.29 is 0 Å². The van der Waals surface area contributed by atoms with E-state index >= 15 is 0 Å². The summed E-state index contributed by atoms with van der Waals surface area (Å²) in [4.78, 5) is 11.3. The number of aromatic nitrogens is 3. The summed E-state index contributed by atoms with van der Waals surface area (Å²) in [6.45, 7) is 7.42. The number of aryl methyl sites for hydroxylation is 2. The monoisotopic (exact) mass is 448 g/mol. The Morgan fingerprint density at radius 1 is 1.48 bits per heavy atom. The molecule has 0 atom stereocenters. The van der Waals surface area contributed by atoms with E-state index in [1.807, 2.05) is 30.9 Å². The standard InChI is InChI=1S/C15H24N6S.HI/c1-4-16-15(17-7-5-9-21-10-6-8-18-21)20(3)11-14-12-22-13(2)19-14;/h6,8,10,12H,4-5,7,9,11H2,1-3H3,(H,16,17);1H. The SMILES string of the molecule is CCNC(=NCCCn1cccn1)N(C)Cc1csc(C)n1.I. The number of thiazole rings is 1. The smallest absolute Gasteiger partial charge is 0.194 e. The van der Waals surface area contributed by atoms with Crippen LogP contribution < -0.4 is 5.32 Å². The van der Waals surface area contributed by atoms with Crippen molar-refractivity contribution in [3.05, 3.63) is 34.5 Å². The van der Waals surface area contributed by atoms with Crippen LogP contribution in [0.25, 0.3) is 0 Å². The van der Waals surface area contributed by atoms with Gasteiger partial charge in [0.2, 0.25) is 0 Å². The molecule has 0 aliphatic heterocycles. The number of nitrogens with one attached hydrogen (secondary N) is 1. The van der Waals surface area contributed by atoms with Gasteiger partial charge in [-0.05, 0) is 26.3 Å². The minimum Gasteiger partial charge on any atom is -0.357 e. The Bertz CT molecular complexity index is 581. The van der Waals surface area contributed by atoms with Crippen LogP contribution in [0.5, 0.6) is 0 Å². The molecule has 1 N–H and O–H groups in total. The van der Waals surface area contributed by atoms with Gasteiger partial charge in [0, 0.05) is 44.5 Å². The zero-order chi connectivity index (χ0) is 15.8. The summed E-state index contributed by atoms with van der Waals surface area (Å²) >= 11 is 1.68. The highest BCUT2D eigenvalue weighted by Gasteiger charge is 2.08. The molecular formula is C15H25IN6S. The molecule has 0 saturated heterocycles. The summed E-state index contributed by atoms with van der Waals surface area (Å²) < 4.78 is 1.93. The van der Waals surface area contributed by atoms with Crippen LogP contribution in [0.3, 0.4) is 0 Å². The fourth-order valence-electron chi connectivity index (χ4n) is 2.12. The molecule has 0 amide bonds. The van der Waals surface area contributed by atoms with E-state index in [2.05, 4.69) is 37.6 Å². The molecule has 0 unspecified atom stereocenters. The maximum Gasteiger partial charge on any atom is 0.194 e. The minimum absolute atomic E-state index is 0. The molecular weight excluding hydrogens is 423 g/mol. The lowest BCUT2D eigenvalue weighted by Crippen LogP contribution is -2.38. The molecule has 0 aliphatic carbocycles. The van der Waals surface area contributed by atoms with Crippen molar-refractivity contribution in [3.8, 4) is 0 Å². The Morgan fingerprint density at radius 2 is 2.30 bits per heavy atom. The second-order valence-corrected chi connectivity index (χ2v) is 6.13. The van der Waals surface area contributed by atoms with Crippen LogP contribution in [0.1, 0.15) is 24.0 Å². The van der Waals surface area contributed by atoms with E-state index < -0.39 is 0 Å². The Balaban J connectivity index is 0.00000264. The second kappa shape index (κ2) is 10.6. The molecule has 0 radical (unpaired) electrons. The molecule has 2 aromatic heterocycles.